The van der Waals surface area contributed by atoms with Crippen molar-refractivity contribution in [3.05, 3.63) is 0 Å². The number of methoxy groups -OCH3 is 1. The zero-order valence-electron chi connectivity index (χ0n) is 10.8. The minimum atomic E-state index is -2.95. The highest BCUT2D eigenvalue weighted by Gasteiger charge is 2.29. The molecule has 0 amide bonds. The molecule has 106 valence electrons. The van der Waals surface area contributed by atoms with Gasteiger partial charge in [-0.1, -0.05) is 6.42 Å². The van der Waals surface area contributed by atoms with Crippen molar-refractivity contribution in [2.24, 2.45) is 5.73 Å². The molecule has 1 saturated carbocycles. The summed E-state index contributed by atoms with van der Waals surface area (Å²) in [5.74, 6) is 0.0614. The summed E-state index contributed by atoms with van der Waals surface area (Å²) in [6, 6.07) is -0.626. The SMILES string of the molecule is COC(=O)C(N)CSC1CCCC(S(C)(=O)=O)C1. The van der Waals surface area contributed by atoms with Crippen LogP contribution in [0.5, 0.6) is 0 Å². The lowest BCUT2D eigenvalue weighted by molar-refractivity contribution is -0.141. The van der Waals surface area contributed by atoms with Crippen molar-refractivity contribution in [3.63, 3.8) is 0 Å². The van der Waals surface area contributed by atoms with E-state index in [-0.39, 0.29) is 10.5 Å². The van der Waals surface area contributed by atoms with Crippen molar-refractivity contribution in [3.8, 4) is 0 Å². The highest BCUT2D eigenvalue weighted by molar-refractivity contribution is 8.00. The fourth-order valence-electron chi connectivity index (χ4n) is 2.10. The maximum atomic E-state index is 11.5. The number of hydrogen-bond donors (Lipinski definition) is 1. The van der Waals surface area contributed by atoms with Crippen LogP contribution in [-0.2, 0) is 19.4 Å². The van der Waals surface area contributed by atoms with Gasteiger partial charge in [-0.15, -0.1) is 0 Å². The van der Waals surface area contributed by atoms with Gasteiger partial charge in [0.05, 0.1) is 12.4 Å². The molecule has 5 nitrogen and oxygen atoms in total. The van der Waals surface area contributed by atoms with Gasteiger partial charge in [0.2, 0.25) is 0 Å². The van der Waals surface area contributed by atoms with Crippen LogP contribution in [0.3, 0.4) is 0 Å². The Hall–Kier alpha value is -0.270. The summed E-state index contributed by atoms with van der Waals surface area (Å²) in [5.41, 5.74) is 5.65. The predicted molar refractivity (Wildman–Crippen MR) is 73.3 cm³/mol. The minimum absolute atomic E-state index is 0.238. The Kier molecular flexibility index (Phi) is 5.94. The van der Waals surface area contributed by atoms with Crippen molar-refractivity contribution in [2.75, 3.05) is 19.1 Å². The molecule has 2 N–H and O–H groups in total. The third-order valence-corrected chi connectivity index (χ3v) is 6.29. The first kappa shape index (κ1) is 15.8. The summed E-state index contributed by atoms with van der Waals surface area (Å²) < 4.78 is 27.6. The highest BCUT2D eigenvalue weighted by atomic mass is 32.2. The van der Waals surface area contributed by atoms with Crippen LogP contribution in [0, 0.1) is 0 Å². The molecule has 1 fully saturated rings. The molecular weight excluding hydrogens is 274 g/mol. The maximum absolute atomic E-state index is 11.5. The van der Waals surface area contributed by atoms with Gasteiger partial charge in [0.25, 0.3) is 0 Å². The van der Waals surface area contributed by atoms with Crippen molar-refractivity contribution in [2.45, 2.75) is 42.2 Å². The summed E-state index contributed by atoms with van der Waals surface area (Å²) in [5, 5.41) is 0.0345. The Morgan fingerprint density at radius 3 is 2.72 bits per heavy atom. The molecule has 0 aromatic carbocycles. The lowest BCUT2D eigenvalue weighted by Crippen LogP contribution is -2.35. The Morgan fingerprint density at radius 2 is 2.17 bits per heavy atom. The summed E-state index contributed by atoms with van der Waals surface area (Å²) in [7, 11) is -1.64. The third kappa shape index (κ3) is 4.78. The quantitative estimate of drug-likeness (QED) is 0.746. The molecule has 0 aliphatic heterocycles. The van der Waals surface area contributed by atoms with Gasteiger partial charge < -0.3 is 10.5 Å². The van der Waals surface area contributed by atoms with Gasteiger partial charge in [0.1, 0.15) is 15.9 Å². The molecule has 0 aromatic rings. The van der Waals surface area contributed by atoms with Gasteiger partial charge in [0.15, 0.2) is 0 Å². The molecule has 3 atom stereocenters. The molecule has 3 unspecified atom stereocenters. The van der Waals surface area contributed by atoms with Gasteiger partial charge in [-0.3, -0.25) is 4.79 Å². The van der Waals surface area contributed by atoms with Crippen LogP contribution in [0.4, 0.5) is 0 Å². The van der Waals surface area contributed by atoms with Gasteiger partial charge in [0, 0.05) is 17.3 Å². The first-order chi connectivity index (χ1) is 8.34. The smallest absolute Gasteiger partial charge is 0.323 e. The standard InChI is InChI=1S/C11H21NO4S2/c1-16-11(13)10(12)7-17-8-4-3-5-9(6-8)18(2,14)15/h8-10H,3-7,12H2,1-2H3. The number of nitrogens with two attached hydrogens (primary N) is 1. The molecule has 0 spiro atoms. The largest absolute Gasteiger partial charge is 0.468 e. The number of ether oxygens (including phenoxy) is 1. The Balaban J connectivity index is 2.42. The predicted octanol–water partition coefficient (Wildman–Crippen LogP) is 0.576. The number of carbonyl (C=O) groups is 1. The van der Waals surface area contributed by atoms with E-state index < -0.39 is 21.8 Å². The second kappa shape index (κ2) is 6.77. The van der Waals surface area contributed by atoms with Crippen LogP contribution < -0.4 is 5.73 Å². The van der Waals surface area contributed by atoms with E-state index in [9.17, 15) is 13.2 Å². The molecule has 0 saturated heterocycles. The second-order valence-electron chi connectivity index (χ2n) is 4.70. The number of sulfone groups is 1. The van der Waals surface area contributed by atoms with Crippen molar-refractivity contribution in [1.82, 2.24) is 0 Å². The van der Waals surface area contributed by atoms with E-state index in [1.807, 2.05) is 0 Å². The van der Waals surface area contributed by atoms with Crippen LogP contribution >= 0.6 is 11.8 Å². The van der Waals surface area contributed by atoms with E-state index in [4.69, 9.17) is 5.73 Å². The fourth-order valence-corrected chi connectivity index (χ4v) is 4.72. The molecule has 7 heteroatoms. The van der Waals surface area contributed by atoms with Crippen LogP contribution in [0.1, 0.15) is 25.7 Å². The minimum Gasteiger partial charge on any atom is -0.468 e. The van der Waals surface area contributed by atoms with Crippen molar-refractivity contribution in [1.29, 1.82) is 0 Å². The van der Waals surface area contributed by atoms with E-state index >= 15 is 0 Å². The normalized spacial score (nSPS) is 26.6. The topological polar surface area (TPSA) is 86.5 Å². The monoisotopic (exact) mass is 295 g/mol. The van der Waals surface area contributed by atoms with Gasteiger partial charge in [-0.25, -0.2) is 8.42 Å². The average Bonchev–Trinajstić information content (AvgIpc) is 2.34. The molecule has 0 bridgehead atoms. The van der Waals surface area contributed by atoms with E-state index in [0.29, 0.717) is 12.2 Å². The van der Waals surface area contributed by atoms with E-state index in [1.54, 1.807) is 11.8 Å². The molecule has 1 aliphatic rings. The molecule has 0 radical (unpaired) electrons. The molecule has 1 rings (SSSR count). The van der Waals surface area contributed by atoms with Gasteiger partial charge >= 0.3 is 5.97 Å². The van der Waals surface area contributed by atoms with E-state index in [0.717, 1.165) is 19.3 Å². The number of thioether (sulfide) groups is 1. The van der Waals surface area contributed by atoms with Crippen LogP contribution in [0.2, 0.25) is 0 Å². The first-order valence-corrected chi connectivity index (χ1v) is 8.98. The zero-order chi connectivity index (χ0) is 13.8. The summed E-state index contributed by atoms with van der Waals surface area (Å²) in [6.07, 6.45) is 4.62. The average molecular weight is 295 g/mol. The molecule has 1 aliphatic carbocycles. The Morgan fingerprint density at radius 1 is 1.50 bits per heavy atom. The van der Waals surface area contributed by atoms with Crippen molar-refractivity contribution >= 4 is 27.6 Å². The highest BCUT2D eigenvalue weighted by Crippen LogP contribution is 2.31. The lowest BCUT2D eigenvalue weighted by atomic mass is 10.00. The van der Waals surface area contributed by atoms with E-state index in [1.165, 1.54) is 13.4 Å². The summed E-state index contributed by atoms with van der Waals surface area (Å²) in [4.78, 5) is 11.2. The van der Waals surface area contributed by atoms with Crippen molar-refractivity contribution < 1.29 is 17.9 Å². The zero-order valence-corrected chi connectivity index (χ0v) is 12.4. The number of esters is 1. The second-order valence-corrected chi connectivity index (χ2v) is 8.36. The van der Waals surface area contributed by atoms with Crippen LogP contribution in [-0.4, -0.2) is 50.0 Å². The first-order valence-electron chi connectivity index (χ1n) is 5.98. The van der Waals surface area contributed by atoms with Crippen LogP contribution in [0.15, 0.2) is 0 Å². The summed E-state index contributed by atoms with van der Waals surface area (Å²) in [6.45, 7) is 0. The maximum Gasteiger partial charge on any atom is 0.323 e. The Bertz CT molecular complexity index is 383. The number of hydrogen-bond acceptors (Lipinski definition) is 6. The number of carbonyl (C=O) groups excluding carboxylic acids is 1. The van der Waals surface area contributed by atoms with Gasteiger partial charge in [-0.05, 0) is 19.3 Å². The van der Waals surface area contributed by atoms with E-state index in [2.05, 4.69) is 4.74 Å². The molecule has 18 heavy (non-hydrogen) atoms. The molecule has 0 heterocycles. The molecular formula is C11H21NO4S2. The third-order valence-electron chi connectivity index (χ3n) is 3.20. The van der Waals surface area contributed by atoms with Gasteiger partial charge in [-0.2, -0.15) is 11.8 Å². The number of rotatable bonds is 5. The van der Waals surface area contributed by atoms with Crippen LogP contribution in [0.25, 0.3) is 0 Å². The summed E-state index contributed by atoms with van der Waals surface area (Å²) >= 11 is 1.58. The Labute approximate surface area is 113 Å². The fraction of sp³-hybridized carbons (Fsp3) is 0.909. The lowest BCUT2D eigenvalue weighted by Gasteiger charge is -2.28. The molecule has 0 aromatic heterocycles.